The number of carbonyl (C=O) groups is 1. The molecule has 1 aromatic heterocycles. The van der Waals surface area contributed by atoms with Gasteiger partial charge in [0.25, 0.3) is 0 Å². The number of phenols is 1. The van der Waals surface area contributed by atoms with Crippen LogP contribution in [0.4, 0.5) is 13.2 Å². The number of alkyl halides is 3. The van der Waals surface area contributed by atoms with Crippen molar-refractivity contribution in [2.45, 2.75) is 45.7 Å². The number of aromatic hydroxyl groups is 1. The van der Waals surface area contributed by atoms with Crippen molar-refractivity contribution < 1.29 is 32.9 Å². The minimum atomic E-state index is -4.41. The number of fused-ring (bicyclic) bond motifs is 1. The van der Waals surface area contributed by atoms with Gasteiger partial charge < -0.3 is 20.4 Å². The first-order valence-electron chi connectivity index (χ1n) is 10.3. The van der Waals surface area contributed by atoms with Gasteiger partial charge in [-0.25, -0.2) is 4.79 Å². The van der Waals surface area contributed by atoms with Crippen molar-refractivity contribution in [3.8, 4) is 11.5 Å². The fourth-order valence-electron chi connectivity index (χ4n) is 3.75. The Morgan fingerprint density at radius 3 is 2.52 bits per heavy atom. The van der Waals surface area contributed by atoms with Gasteiger partial charge in [-0.3, -0.25) is 0 Å². The van der Waals surface area contributed by atoms with Gasteiger partial charge in [0.2, 0.25) is 0 Å². The van der Waals surface area contributed by atoms with Gasteiger partial charge in [0.15, 0.2) is 6.61 Å². The first-order valence-corrected chi connectivity index (χ1v) is 11.1. The lowest BCUT2D eigenvalue weighted by Gasteiger charge is -2.13. The van der Waals surface area contributed by atoms with Crippen LogP contribution in [0.5, 0.6) is 11.5 Å². The van der Waals surface area contributed by atoms with Gasteiger partial charge in [-0.2, -0.15) is 13.2 Å². The van der Waals surface area contributed by atoms with E-state index in [-0.39, 0.29) is 29.5 Å². The van der Waals surface area contributed by atoms with E-state index < -0.39 is 24.3 Å². The van der Waals surface area contributed by atoms with E-state index in [2.05, 4.69) is 0 Å². The van der Waals surface area contributed by atoms with Gasteiger partial charge in [0.1, 0.15) is 11.5 Å². The molecule has 5 nitrogen and oxygen atoms in total. The molecule has 176 valence electrons. The topological polar surface area (TPSA) is 90.6 Å². The summed E-state index contributed by atoms with van der Waals surface area (Å²) in [5.74, 6) is -1.02. The molecule has 1 heterocycles. The number of carboxylic acid groups (broad SMARTS) is 1. The third kappa shape index (κ3) is 5.47. The molecule has 0 saturated heterocycles. The molecule has 0 fully saturated rings. The minimum Gasteiger partial charge on any atom is -0.507 e. The Bertz CT molecular complexity index is 1210. The summed E-state index contributed by atoms with van der Waals surface area (Å²) in [5, 5.41) is 28.3. The van der Waals surface area contributed by atoms with Crippen molar-refractivity contribution in [1.82, 2.24) is 0 Å². The number of hydrogen-bond donors (Lipinski definition) is 3. The van der Waals surface area contributed by atoms with Gasteiger partial charge in [0.05, 0.1) is 5.56 Å². The predicted octanol–water partition coefficient (Wildman–Crippen LogP) is 6.52. The van der Waals surface area contributed by atoms with Crippen LogP contribution in [0.25, 0.3) is 10.1 Å². The van der Waals surface area contributed by atoms with Crippen LogP contribution in [0, 0.1) is 12.3 Å². The Kier molecular flexibility index (Phi) is 7.02. The molecule has 0 bridgehead atoms. The SMILES string of the molecule is Cc1cc(C(=N)CCc2sc3cc(C(F)(F)F)ccc3c2C(C)C)c(O)cc1OCC(=O)O. The number of carboxylic acids is 1. The lowest BCUT2D eigenvalue weighted by atomic mass is 9.95. The van der Waals surface area contributed by atoms with E-state index >= 15 is 0 Å². The molecule has 0 aliphatic heterocycles. The van der Waals surface area contributed by atoms with Crippen LogP contribution in [0.3, 0.4) is 0 Å². The number of hydrogen-bond acceptors (Lipinski definition) is 5. The molecule has 0 amide bonds. The Balaban J connectivity index is 1.85. The Morgan fingerprint density at radius 1 is 1.21 bits per heavy atom. The zero-order chi connectivity index (χ0) is 24.5. The van der Waals surface area contributed by atoms with E-state index in [1.165, 1.54) is 29.5 Å². The molecule has 0 atom stereocenters. The van der Waals surface area contributed by atoms with Crippen LogP contribution in [-0.4, -0.2) is 28.5 Å². The lowest BCUT2D eigenvalue weighted by molar-refractivity contribution is -0.139. The summed E-state index contributed by atoms with van der Waals surface area (Å²) < 4.78 is 45.1. The van der Waals surface area contributed by atoms with Crippen LogP contribution in [0.15, 0.2) is 30.3 Å². The molecule has 0 aliphatic rings. The molecular weight excluding hydrogens is 455 g/mol. The van der Waals surface area contributed by atoms with Gasteiger partial charge in [-0.15, -0.1) is 11.3 Å². The van der Waals surface area contributed by atoms with Crippen molar-refractivity contribution >= 4 is 33.1 Å². The van der Waals surface area contributed by atoms with Gasteiger partial charge in [-0.1, -0.05) is 19.9 Å². The number of nitrogens with one attached hydrogen (secondary N) is 1. The summed E-state index contributed by atoms with van der Waals surface area (Å²) >= 11 is 1.30. The summed E-state index contributed by atoms with van der Waals surface area (Å²) in [5.41, 5.74) is 1.36. The molecule has 9 heteroatoms. The first-order chi connectivity index (χ1) is 15.4. The number of aliphatic carboxylic acids is 1. The molecule has 0 unspecified atom stereocenters. The van der Waals surface area contributed by atoms with Crippen LogP contribution in [0.2, 0.25) is 0 Å². The Hall–Kier alpha value is -3.07. The molecule has 3 N–H and O–H groups in total. The van der Waals surface area contributed by atoms with Crippen molar-refractivity contribution in [1.29, 1.82) is 5.41 Å². The average molecular weight is 480 g/mol. The Morgan fingerprint density at radius 2 is 1.91 bits per heavy atom. The standard InChI is InChI=1S/C24H24F3NO4S/c1-12(2)23-15-5-4-14(24(25,26)27)9-21(15)33-20(23)7-6-17(28)16-8-13(3)19(10-18(16)29)32-11-22(30)31/h4-5,8-10,12,28-29H,6-7,11H2,1-3H3,(H,30,31). The lowest BCUT2D eigenvalue weighted by Crippen LogP contribution is -2.10. The van der Waals surface area contributed by atoms with Crippen LogP contribution in [0.1, 0.15) is 53.3 Å². The summed E-state index contributed by atoms with van der Waals surface area (Å²) in [4.78, 5) is 11.6. The highest BCUT2D eigenvalue weighted by molar-refractivity contribution is 7.19. The van der Waals surface area contributed by atoms with Crippen molar-refractivity contribution in [3.63, 3.8) is 0 Å². The zero-order valence-electron chi connectivity index (χ0n) is 18.3. The second-order valence-corrected chi connectivity index (χ2v) is 9.23. The second kappa shape index (κ2) is 9.43. The molecule has 3 rings (SSSR count). The molecule has 0 saturated carbocycles. The van der Waals surface area contributed by atoms with E-state index in [0.29, 0.717) is 22.2 Å². The van der Waals surface area contributed by atoms with Gasteiger partial charge in [0, 0.05) is 26.9 Å². The predicted molar refractivity (Wildman–Crippen MR) is 122 cm³/mol. The molecule has 3 aromatic rings. The highest BCUT2D eigenvalue weighted by Gasteiger charge is 2.31. The van der Waals surface area contributed by atoms with Gasteiger partial charge >= 0.3 is 12.1 Å². The summed E-state index contributed by atoms with van der Waals surface area (Å²) in [6, 6.07) is 6.65. The minimum absolute atomic E-state index is 0.0981. The summed E-state index contributed by atoms with van der Waals surface area (Å²) in [6.45, 7) is 5.11. The van der Waals surface area contributed by atoms with E-state index in [4.69, 9.17) is 15.3 Å². The normalized spacial score (nSPS) is 11.8. The van der Waals surface area contributed by atoms with Crippen molar-refractivity contribution in [2.24, 2.45) is 0 Å². The van der Waals surface area contributed by atoms with Crippen LogP contribution >= 0.6 is 11.3 Å². The highest BCUT2D eigenvalue weighted by Crippen LogP contribution is 2.40. The zero-order valence-corrected chi connectivity index (χ0v) is 19.2. The van der Waals surface area contributed by atoms with Crippen LogP contribution in [-0.2, 0) is 17.4 Å². The van der Waals surface area contributed by atoms with E-state index in [1.807, 2.05) is 13.8 Å². The van der Waals surface area contributed by atoms with Crippen LogP contribution < -0.4 is 4.74 Å². The van der Waals surface area contributed by atoms with E-state index in [0.717, 1.165) is 21.9 Å². The third-order valence-corrected chi connectivity index (χ3v) is 6.51. The number of ether oxygens (including phenoxy) is 1. The molecule has 2 aromatic carbocycles. The number of benzene rings is 2. The third-order valence-electron chi connectivity index (χ3n) is 5.28. The van der Waals surface area contributed by atoms with Gasteiger partial charge in [-0.05, 0) is 60.4 Å². The van der Waals surface area contributed by atoms with E-state index in [9.17, 15) is 23.1 Å². The molecule has 0 radical (unpaired) electrons. The smallest absolute Gasteiger partial charge is 0.416 e. The first kappa shape index (κ1) is 24.6. The second-order valence-electron chi connectivity index (χ2n) is 8.10. The maximum absolute atomic E-state index is 13.1. The summed E-state index contributed by atoms with van der Waals surface area (Å²) in [6.07, 6.45) is -3.68. The number of halogens is 3. The van der Waals surface area contributed by atoms with Crippen molar-refractivity contribution in [3.05, 3.63) is 57.5 Å². The number of aryl methyl sites for hydroxylation is 2. The Labute approximate surface area is 193 Å². The average Bonchev–Trinajstić information content (AvgIpc) is 3.09. The largest absolute Gasteiger partial charge is 0.507 e. The van der Waals surface area contributed by atoms with E-state index in [1.54, 1.807) is 13.0 Å². The number of thiophene rings is 1. The fraction of sp³-hybridized carbons (Fsp3) is 0.333. The van der Waals surface area contributed by atoms with Crippen molar-refractivity contribution in [2.75, 3.05) is 6.61 Å². The molecule has 33 heavy (non-hydrogen) atoms. The molecule has 0 aliphatic carbocycles. The molecule has 0 spiro atoms. The quantitative estimate of drug-likeness (QED) is 0.321. The maximum atomic E-state index is 13.1. The number of rotatable bonds is 8. The monoisotopic (exact) mass is 479 g/mol. The highest BCUT2D eigenvalue weighted by atomic mass is 32.1. The molecular formula is C24H24F3NO4S. The fourth-order valence-corrected chi connectivity index (χ4v) is 5.15. The summed E-state index contributed by atoms with van der Waals surface area (Å²) in [7, 11) is 0. The number of phenolic OH excluding ortho intramolecular Hbond substituents is 1. The maximum Gasteiger partial charge on any atom is 0.416 e.